The van der Waals surface area contributed by atoms with Crippen molar-refractivity contribution in [2.24, 2.45) is 5.41 Å². The predicted molar refractivity (Wildman–Crippen MR) is 89.8 cm³/mol. The van der Waals surface area contributed by atoms with Gasteiger partial charge in [0.15, 0.2) is 0 Å². The van der Waals surface area contributed by atoms with Gasteiger partial charge in [-0.2, -0.15) is 70.2 Å². The first kappa shape index (κ1) is 43.2. The molecule has 0 bridgehead atoms. The minimum absolute atomic E-state index is 2.77. The largest absolute Gasteiger partial charge is 0.425 e. The zero-order chi connectivity index (χ0) is 36.5. The molecule has 0 spiro atoms. The molecule has 0 fully saturated rings. The molecule has 4 nitrogen and oxygen atoms in total. The Morgan fingerprint density at radius 3 is 0.533 bits per heavy atom. The summed E-state index contributed by atoms with van der Waals surface area (Å²) in [6.07, 6.45) is -49.5. The highest BCUT2D eigenvalue weighted by Crippen LogP contribution is 2.47. The van der Waals surface area contributed by atoms with Gasteiger partial charge in [0.2, 0.25) is 0 Å². The maximum Gasteiger partial charge on any atom is 0.425 e. The van der Waals surface area contributed by atoms with Gasteiger partial charge in [0.05, 0.1) is 31.8 Å². The topological polar surface area (TPSA) is 36.9 Å². The van der Waals surface area contributed by atoms with Crippen molar-refractivity contribution in [3.05, 3.63) is 0 Å². The van der Waals surface area contributed by atoms with Crippen molar-refractivity contribution in [2.45, 2.75) is 73.8 Å². The van der Waals surface area contributed by atoms with Gasteiger partial charge in [-0.25, -0.2) is 35.1 Å². The van der Waals surface area contributed by atoms with Gasteiger partial charge in [-0.15, -0.1) is 0 Å². The van der Waals surface area contributed by atoms with Gasteiger partial charge in [0.25, 0.3) is 0 Å². The molecule has 0 unspecified atom stereocenters. The molecule has 0 amide bonds. The number of alkyl halides is 24. The van der Waals surface area contributed by atoms with Gasteiger partial charge in [0.1, 0.15) is 0 Å². The fourth-order valence-electron chi connectivity index (χ4n) is 2.12. The molecule has 0 atom stereocenters. The molecule has 45 heavy (non-hydrogen) atoms. The molecule has 0 aromatic rings. The number of ether oxygens (including phenoxy) is 4. The minimum atomic E-state index is -6.83. The van der Waals surface area contributed by atoms with E-state index < -0.39 is 106 Å². The van der Waals surface area contributed by atoms with E-state index in [4.69, 9.17) is 0 Å². The van der Waals surface area contributed by atoms with Gasteiger partial charge in [-0.05, 0) is 0 Å². The zero-order valence-corrected chi connectivity index (χ0v) is 20.3. The van der Waals surface area contributed by atoms with Crippen LogP contribution in [0, 0.1) is 5.41 Å². The maximum absolute atomic E-state index is 13.6. The molecule has 0 radical (unpaired) electrons. The first-order valence-electron chi connectivity index (χ1n) is 10.3. The second kappa shape index (κ2) is 13.7. The average molecular weight is 736 g/mol. The van der Waals surface area contributed by atoms with Gasteiger partial charge in [-0.1, -0.05) is 0 Å². The van der Waals surface area contributed by atoms with Gasteiger partial charge < -0.3 is 18.9 Å². The van der Waals surface area contributed by atoms with Crippen LogP contribution in [-0.2, 0) is 18.9 Å². The average Bonchev–Trinajstić information content (AvgIpc) is 2.86. The summed E-state index contributed by atoms with van der Waals surface area (Å²) in [5.41, 5.74) is -4.77. The second-order valence-electron chi connectivity index (χ2n) is 8.42. The van der Waals surface area contributed by atoms with E-state index in [1.807, 2.05) is 0 Å². The van der Waals surface area contributed by atoms with E-state index in [-0.39, 0.29) is 0 Å². The lowest BCUT2D eigenvalue weighted by molar-refractivity contribution is -0.416. The highest BCUT2D eigenvalue weighted by molar-refractivity contribution is 4.90. The Morgan fingerprint density at radius 2 is 0.422 bits per heavy atom. The lowest BCUT2D eigenvalue weighted by atomic mass is 9.91. The first-order chi connectivity index (χ1) is 19.6. The lowest BCUT2D eigenvalue weighted by Gasteiger charge is -2.39. The number of hydrogen-bond acceptors (Lipinski definition) is 4. The van der Waals surface area contributed by atoms with Crippen LogP contribution >= 0.6 is 0 Å². The van der Waals surface area contributed by atoms with Crippen molar-refractivity contribution in [3.63, 3.8) is 0 Å². The molecule has 0 N–H and O–H groups in total. The number of hydrogen-bond donors (Lipinski definition) is 0. The molecule has 0 aromatic heterocycles. The van der Waals surface area contributed by atoms with E-state index in [0.717, 1.165) is 0 Å². The van der Waals surface area contributed by atoms with E-state index in [0.29, 0.717) is 0 Å². The quantitative estimate of drug-likeness (QED) is 0.119. The molecule has 0 aromatic carbocycles. The fourth-order valence-corrected chi connectivity index (χ4v) is 2.12. The molecular weight excluding hydrogens is 724 g/mol. The molecule has 0 heterocycles. The van der Waals surface area contributed by atoms with Crippen molar-refractivity contribution >= 4 is 0 Å². The Kier molecular flexibility index (Phi) is 13.2. The zero-order valence-electron chi connectivity index (χ0n) is 20.3. The Bertz CT molecular complexity index is 787. The summed E-state index contributed by atoms with van der Waals surface area (Å²) in [4.78, 5) is 0. The summed E-state index contributed by atoms with van der Waals surface area (Å²) in [5, 5.41) is 0. The molecule has 0 saturated carbocycles. The van der Waals surface area contributed by atoms with E-state index in [9.17, 15) is 105 Å². The first-order valence-corrected chi connectivity index (χ1v) is 10.3. The standard InChI is InChI=1S/C17H12F24O4/c18-5(19)10(26,27)14(34,35)42-1-9(2-43-15(36,37)11(28,29)6(20)21,3-44-16(38,39)12(30,31)7(22)23)4-45-17(40,41)13(32,33)8(24)25/h5-8H,1-4H2. The van der Waals surface area contributed by atoms with Crippen LogP contribution in [-0.4, -0.2) is 100 Å². The van der Waals surface area contributed by atoms with Gasteiger partial charge >= 0.3 is 73.8 Å². The fraction of sp³-hybridized carbons (Fsp3) is 1.00. The molecule has 0 aliphatic rings. The summed E-state index contributed by atoms with van der Waals surface area (Å²) in [6.45, 7) is -13.5. The SMILES string of the molecule is FC(F)C(F)(F)C(F)(F)OCC(COC(F)(F)C(F)(F)C(F)F)(COC(F)(F)C(F)(F)C(F)F)COC(F)(F)C(F)(F)C(F)F. The van der Waals surface area contributed by atoms with Crippen LogP contribution in [0.15, 0.2) is 0 Å². The molecule has 28 heteroatoms. The second-order valence-corrected chi connectivity index (χ2v) is 8.42. The van der Waals surface area contributed by atoms with Crippen molar-refractivity contribution in [2.75, 3.05) is 26.4 Å². The van der Waals surface area contributed by atoms with E-state index in [2.05, 4.69) is 18.9 Å². The lowest BCUT2D eigenvalue weighted by Crippen LogP contribution is -2.57. The summed E-state index contributed by atoms with van der Waals surface area (Å²) < 4.78 is 324. The Morgan fingerprint density at radius 1 is 0.289 bits per heavy atom. The third kappa shape index (κ3) is 9.16. The molecule has 0 saturated heterocycles. The maximum atomic E-state index is 13.6. The Labute approximate surface area is 231 Å². The highest BCUT2D eigenvalue weighted by Gasteiger charge is 2.69. The molecule has 0 rings (SSSR count). The summed E-state index contributed by atoms with van der Waals surface area (Å²) in [7, 11) is 0. The van der Waals surface area contributed by atoms with E-state index >= 15 is 0 Å². The number of halogens is 24. The highest BCUT2D eigenvalue weighted by atomic mass is 19.4. The van der Waals surface area contributed by atoms with Crippen LogP contribution in [0.5, 0.6) is 0 Å². The van der Waals surface area contributed by atoms with Crippen molar-refractivity contribution < 1.29 is 124 Å². The third-order valence-corrected chi connectivity index (χ3v) is 4.89. The molecular formula is C17H12F24O4. The van der Waals surface area contributed by atoms with Crippen molar-refractivity contribution in [3.8, 4) is 0 Å². The van der Waals surface area contributed by atoms with Gasteiger partial charge in [-0.3, -0.25) is 0 Å². The smallest absolute Gasteiger partial charge is 0.315 e. The summed E-state index contributed by atoms with van der Waals surface area (Å²) in [6, 6.07) is 0. The van der Waals surface area contributed by atoms with Crippen LogP contribution in [0.3, 0.4) is 0 Å². The van der Waals surface area contributed by atoms with E-state index in [1.54, 1.807) is 0 Å². The minimum Gasteiger partial charge on any atom is -0.315 e. The van der Waals surface area contributed by atoms with Crippen LogP contribution in [0.1, 0.15) is 0 Å². The van der Waals surface area contributed by atoms with Crippen molar-refractivity contribution in [1.29, 1.82) is 0 Å². The van der Waals surface area contributed by atoms with Crippen LogP contribution in [0.4, 0.5) is 105 Å². The van der Waals surface area contributed by atoms with Crippen LogP contribution < -0.4 is 0 Å². The third-order valence-electron chi connectivity index (χ3n) is 4.89. The van der Waals surface area contributed by atoms with E-state index in [1.165, 1.54) is 0 Å². The van der Waals surface area contributed by atoms with Crippen LogP contribution in [0.25, 0.3) is 0 Å². The summed E-state index contributed by atoms with van der Waals surface area (Å²) >= 11 is 0. The normalized spacial score (nSPS) is 15.7. The van der Waals surface area contributed by atoms with Crippen LogP contribution in [0.2, 0.25) is 0 Å². The molecule has 272 valence electrons. The molecule has 0 aliphatic heterocycles. The summed E-state index contributed by atoms with van der Waals surface area (Å²) in [5.74, 6) is -27.2. The predicted octanol–water partition coefficient (Wildman–Crippen LogP) is 8.01. The monoisotopic (exact) mass is 736 g/mol. The molecule has 0 aliphatic carbocycles. The Balaban J connectivity index is 7.12. The van der Waals surface area contributed by atoms with Gasteiger partial charge in [0, 0.05) is 0 Å². The van der Waals surface area contributed by atoms with Crippen molar-refractivity contribution in [1.82, 2.24) is 0 Å². The Hall–Kier alpha value is -1.84. The number of rotatable bonds is 20.